The van der Waals surface area contributed by atoms with Gasteiger partial charge < -0.3 is 15.8 Å². The minimum atomic E-state index is 0.165. The highest BCUT2D eigenvalue weighted by molar-refractivity contribution is 6.01. The van der Waals surface area contributed by atoms with E-state index in [0.717, 1.165) is 43.7 Å². The first-order valence-electron chi connectivity index (χ1n) is 7.84. The molecule has 1 aliphatic heterocycles. The first kappa shape index (κ1) is 14.2. The Morgan fingerprint density at radius 3 is 2.71 bits per heavy atom. The number of aromatic nitrogens is 1. The van der Waals surface area contributed by atoms with E-state index in [4.69, 9.17) is 15.9 Å². The van der Waals surface area contributed by atoms with Gasteiger partial charge in [-0.1, -0.05) is 19.0 Å². The molecule has 1 aromatic heterocycles. The summed E-state index contributed by atoms with van der Waals surface area (Å²) in [7, 11) is 0. The predicted molar refractivity (Wildman–Crippen MR) is 83.9 cm³/mol. The van der Waals surface area contributed by atoms with Gasteiger partial charge in [-0.2, -0.15) is 0 Å². The molecular weight excluding hydrogens is 264 g/mol. The smallest absolute Gasteiger partial charge is 0.173 e. The van der Waals surface area contributed by atoms with Crippen LogP contribution in [0.3, 0.4) is 0 Å². The van der Waals surface area contributed by atoms with Crippen molar-refractivity contribution in [3.8, 4) is 0 Å². The Labute approximate surface area is 125 Å². The summed E-state index contributed by atoms with van der Waals surface area (Å²) in [6.07, 6.45) is 4.48. The normalized spacial score (nSPS) is 26.0. The van der Waals surface area contributed by atoms with Crippen molar-refractivity contribution in [2.75, 3.05) is 18.0 Å². The molecule has 1 fully saturated rings. The molecule has 1 saturated heterocycles. The zero-order valence-corrected chi connectivity index (χ0v) is 12.8. The van der Waals surface area contributed by atoms with Crippen LogP contribution in [0.5, 0.6) is 0 Å². The van der Waals surface area contributed by atoms with Gasteiger partial charge in [0.15, 0.2) is 5.84 Å². The molecule has 3 N–H and O–H groups in total. The summed E-state index contributed by atoms with van der Waals surface area (Å²) in [5, 5.41) is 12.3. The van der Waals surface area contributed by atoms with E-state index in [1.54, 1.807) is 0 Å². The molecule has 2 heterocycles. The van der Waals surface area contributed by atoms with E-state index in [2.05, 4.69) is 30.0 Å². The first-order valence-corrected chi connectivity index (χ1v) is 7.84. The molecular formula is C16H24N4O. The van der Waals surface area contributed by atoms with Crippen LogP contribution in [0.1, 0.15) is 43.5 Å². The molecule has 0 bridgehead atoms. The maximum atomic E-state index is 9.08. The molecule has 0 saturated carbocycles. The van der Waals surface area contributed by atoms with Gasteiger partial charge in [0.25, 0.3) is 0 Å². The molecule has 0 spiro atoms. The fourth-order valence-electron chi connectivity index (χ4n) is 3.78. The van der Waals surface area contributed by atoms with Gasteiger partial charge in [0.2, 0.25) is 0 Å². The van der Waals surface area contributed by atoms with Crippen LogP contribution in [0.25, 0.3) is 0 Å². The standard InChI is InChI=1S/C16H24N4O/c1-10-6-11(2)9-20(8-10)16-13(15(17)19-21)7-12-4-3-5-14(12)18-16/h7,10-11,21H,3-6,8-9H2,1-2H3,(H2,17,19). The highest BCUT2D eigenvalue weighted by atomic mass is 16.4. The minimum Gasteiger partial charge on any atom is -0.409 e. The monoisotopic (exact) mass is 288 g/mol. The predicted octanol–water partition coefficient (Wildman–Crippen LogP) is 2.15. The average molecular weight is 288 g/mol. The fraction of sp³-hybridized carbons (Fsp3) is 0.625. The number of aryl methyl sites for hydroxylation is 2. The molecule has 0 radical (unpaired) electrons. The zero-order chi connectivity index (χ0) is 15.0. The number of anilines is 1. The van der Waals surface area contributed by atoms with Crippen LogP contribution in [0.15, 0.2) is 11.2 Å². The van der Waals surface area contributed by atoms with Gasteiger partial charge >= 0.3 is 0 Å². The lowest BCUT2D eigenvalue weighted by Crippen LogP contribution is -2.40. The number of hydrogen-bond donors (Lipinski definition) is 2. The molecule has 0 aromatic carbocycles. The van der Waals surface area contributed by atoms with E-state index in [1.165, 1.54) is 17.7 Å². The Morgan fingerprint density at radius 2 is 2.05 bits per heavy atom. The molecule has 2 unspecified atom stereocenters. The Bertz CT molecular complexity index is 560. The number of oxime groups is 1. The quantitative estimate of drug-likeness (QED) is 0.378. The molecule has 5 nitrogen and oxygen atoms in total. The highest BCUT2D eigenvalue weighted by Gasteiger charge is 2.27. The summed E-state index contributed by atoms with van der Waals surface area (Å²) in [6.45, 7) is 6.53. The van der Waals surface area contributed by atoms with E-state index < -0.39 is 0 Å². The summed E-state index contributed by atoms with van der Waals surface area (Å²) < 4.78 is 0. The van der Waals surface area contributed by atoms with Gasteiger partial charge in [0.05, 0.1) is 5.56 Å². The van der Waals surface area contributed by atoms with Crippen LogP contribution in [-0.2, 0) is 12.8 Å². The molecule has 0 amide bonds. The van der Waals surface area contributed by atoms with E-state index in [1.807, 2.05) is 0 Å². The third-order valence-electron chi connectivity index (χ3n) is 4.58. The number of nitrogens with two attached hydrogens (primary N) is 1. The lowest BCUT2D eigenvalue weighted by molar-refractivity contribution is 0.318. The van der Waals surface area contributed by atoms with Crippen molar-refractivity contribution in [1.29, 1.82) is 0 Å². The van der Waals surface area contributed by atoms with Crippen molar-refractivity contribution in [1.82, 2.24) is 4.98 Å². The maximum absolute atomic E-state index is 9.08. The average Bonchev–Trinajstić information content (AvgIpc) is 2.91. The van der Waals surface area contributed by atoms with Crippen LogP contribution in [0.4, 0.5) is 5.82 Å². The topological polar surface area (TPSA) is 74.7 Å². The second kappa shape index (κ2) is 5.54. The highest BCUT2D eigenvalue weighted by Crippen LogP contribution is 2.31. The zero-order valence-electron chi connectivity index (χ0n) is 12.8. The van der Waals surface area contributed by atoms with E-state index in [9.17, 15) is 0 Å². The van der Waals surface area contributed by atoms with E-state index in [0.29, 0.717) is 11.8 Å². The molecule has 1 aromatic rings. The third-order valence-corrected chi connectivity index (χ3v) is 4.58. The second-order valence-corrected chi connectivity index (χ2v) is 6.66. The number of rotatable bonds is 2. The second-order valence-electron chi connectivity index (χ2n) is 6.66. The number of piperidine rings is 1. The number of fused-ring (bicyclic) bond motifs is 1. The van der Waals surface area contributed by atoms with Crippen LogP contribution < -0.4 is 10.6 Å². The van der Waals surface area contributed by atoms with Crippen LogP contribution in [0.2, 0.25) is 0 Å². The number of hydrogen-bond acceptors (Lipinski definition) is 4. The van der Waals surface area contributed by atoms with Gasteiger partial charge in [-0.3, -0.25) is 0 Å². The molecule has 2 aliphatic rings. The lowest BCUT2D eigenvalue weighted by atomic mass is 9.91. The number of pyridine rings is 1. The maximum Gasteiger partial charge on any atom is 0.173 e. The summed E-state index contributed by atoms with van der Waals surface area (Å²) in [5.41, 5.74) is 9.11. The fourth-order valence-corrected chi connectivity index (χ4v) is 3.78. The van der Waals surface area contributed by atoms with Gasteiger partial charge in [-0.25, -0.2) is 4.98 Å². The Balaban J connectivity index is 2.03. The summed E-state index contributed by atoms with van der Waals surface area (Å²) in [6, 6.07) is 2.07. The molecule has 1 aliphatic carbocycles. The summed E-state index contributed by atoms with van der Waals surface area (Å²) in [4.78, 5) is 7.18. The van der Waals surface area contributed by atoms with E-state index >= 15 is 0 Å². The SMILES string of the molecule is CC1CC(C)CN(c2nc3c(cc2C(N)=NO)CCC3)C1. The van der Waals surface area contributed by atoms with Gasteiger partial charge in [0, 0.05) is 18.8 Å². The van der Waals surface area contributed by atoms with Crippen molar-refractivity contribution in [3.63, 3.8) is 0 Å². The Hall–Kier alpha value is -1.78. The van der Waals surface area contributed by atoms with Crippen LogP contribution in [0, 0.1) is 11.8 Å². The Morgan fingerprint density at radius 1 is 1.33 bits per heavy atom. The minimum absolute atomic E-state index is 0.165. The van der Waals surface area contributed by atoms with Gasteiger partial charge in [0.1, 0.15) is 5.82 Å². The molecule has 114 valence electrons. The molecule has 3 rings (SSSR count). The Kier molecular flexibility index (Phi) is 3.74. The van der Waals surface area contributed by atoms with Crippen molar-refractivity contribution in [2.45, 2.75) is 39.5 Å². The largest absolute Gasteiger partial charge is 0.409 e. The van der Waals surface area contributed by atoms with Gasteiger partial charge in [-0.15, -0.1) is 0 Å². The third kappa shape index (κ3) is 2.69. The van der Waals surface area contributed by atoms with Crippen molar-refractivity contribution >= 4 is 11.7 Å². The molecule has 21 heavy (non-hydrogen) atoms. The lowest BCUT2D eigenvalue weighted by Gasteiger charge is -2.36. The number of nitrogens with zero attached hydrogens (tertiary/aromatic N) is 3. The van der Waals surface area contributed by atoms with E-state index in [-0.39, 0.29) is 5.84 Å². The summed E-state index contributed by atoms with van der Waals surface area (Å²) >= 11 is 0. The van der Waals surface area contributed by atoms with Crippen molar-refractivity contribution < 1.29 is 5.21 Å². The summed E-state index contributed by atoms with van der Waals surface area (Å²) in [5.74, 6) is 2.34. The molecule has 2 atom stereocenters. The molecule has 5 heteroatoms. The first-order chi connectivity index (χ1) is 10.1. The van der Waals surface area contributed by atoms with Gasteiger partial charge in [-0.05, 0) is 49.1 Å². The van der Waals surface area contributed by atoms with Crippen LogP contribution >= 0.6 is 0 Å². The van der Waals surface area contributed by atoms with Crippen molar-refractivity contribution in [3.05, 3.63) is 22.9 Å². The van der Waals surface area contributed by atoms with Crippen LogP contribution in [-0.4, -0.2) is 29.1 Å². The number of amidine groups is 1. The van der Waals surface area contributed by atoms with Crippen molar-refractivity contribution in [2.24, 2.45) is 22.7 Å².